The van der Waals surface area contributed by atoms with Crippen LogP contribution in [0.4, 0.5) is 0 Å². The lowest BCUT2D eigenvalue weighted by atomic mass is 9.98. The Labute approximate surface area is 96.6 Å². The molecule has 1 aromatic rings. The van der Waals surface area contributed by atoms with E-state index in [9.17, 15) is 0 Å². The molecule has 0 aromatic carbocycles. The zero-order chi connectivity index (χ0) is 11.5. The van der Waals surface area contributed by atoms with Gasteiger partial charge in [0.05, 0.1) is 6.04 Å². The van der Waals surface area contributed by atoms with E-state index < -0.39 is 0 Å². The van der Waals surface area contributed by atoms with Gasteiger partial charge in [0, 0.05) is 5.92 Å². The molecule has 1 aliphatic rings. The standard InChI is InChI=1S/C12H21N3O/c1-3-5-10(13)11-14-12(16-15-11)9-7-4-6-8(9)2/h8-10H,3-7,13H2,1-2H3. The van der Waals surface area contributed by atoms with Crippen molar-refractivity contribution in [2.24, 2.45) is 11.7 Å². The van der Waals surface area contributed by atoms with Crippen LogP contribution >= 0.6 is 0 Å². The van der Waals surface area contributed by atoms with Crippen LogP contribution in [0.25, 0.3) is 0 Å². The Morgan fingerprint density at radius 1 is 1.50 bits per heavy atom. The van der Waals surface area contributed by atoms with E-state index in [0.29, 0.717) is 17.7 Å². The second-order valence-electron chi connectivity index (χ2n) is 4.90. The maximum absolute atomic E-state index is 5.97. The molecule has 0 amide bonds. The van der Waals surface area contributed by atoms with Crippen molar-refractivity contribution >= 4 is 0 Å². The molecule has 1 saturated carbocycles. The predicted molar refractivity (Wildman–Crippen MR) is 61.9 cm³/mol. The van der Waals surface area contributed by atoms with Crippen LogP contribution in [-0.4, -0.2) is 10.1 Å². The van der Waals surface area contributed by atoms with Crippen molar-refractivity contribution in [1.82, 2.24) is 10.1 Å². The van der Waals surface area contributed by atoms with Crippen molar-refractivity contribution in [1.29, 1.82) is 0 Å². The van der Waals surface area contributed by atoms with Crippen LogP contribution in [0.2, 0.25) is 0 Å². The second kappa shape index (κ2) is 4.95. The van der Waals surface area contributed by atoms with E-state index in [1.807, 2.05) is 0 Å². The van der Waals surface area contributed by atoms with E-state index in [2.05, 4.69) is 24.0 Å². The van der Waals surface area contributed by atoms with E-state index >= 15 is 0 Å². The van der Waals surface area contributed by atoms with Gasteiger partial charge in [-0.05, 0) is 25.2 Å². The van der Waals surface area contributed by atoms with Crippen molar-refractivity contribution in [2.75, 3.05) is 0 Å². The Bertz CT molecular complexity index is 337. The van der Waals surface area contributed by atoms with Crippen molar-refractivity contribution in [3.05, 3.63) is 11.7 Å². The first-order valence-electron chi connectivity index (χ1n) is 6.31. The molecule has 0 spiro atoms. The third-order valence-corrected chi connectivity index (χ3v) is 3.57. The second-order valence-corrected chi connectivity index (χ2v) is 4.90. The largest absolute Gasteiger partial charge is 0.339 e. The van der Waals surface area contributed by atoms with Crippen molar-refractivity contribution < 1.29 is 4.52 Å². The third-order valence-electron chi connectivity index (χ3n) is 3.57. The molecule has 4 nitrogen and oxygen atoms in total. The van der Waals surface area contributed by atoms with Gasteiger partial charge in [-0.3, -0.25) is 0 Å². The van der Waals surface area contributed by atoms with Crippen molar-refractivity contribution in [3.63, 3.8) is 0 Å². The van der Waals surface area contributed by atoms with Gasteiger partial charge >= 0.3 is 0 Å². The normalized spacial score (nSPS) is 27.2. The molecule has 1 aromatic heterocycles. The lowest BCUT2D eigenvalue weighted by molar-refractivity contribution is 0.326. The average molecular weight is 223 g/mol. The highest BCUT2D eigenvalue weighted by Gasteiger charge is 2.30. The lowest BCUT2D eigenvalue weighted by Gasteiger charge is -2.09. The van der Waals surface area contributed by atoms with Gasteiger partial charge in [0.1, 0.15) is 0 Å². The molecule has 0 saturated heterocycles. The Hall–Kier alpha value is -0.900. The summed E-state index contributed by atoms with van der Waals surface area (Å²) in [4.78, 5) is 4.46. The summed E-state index contributed by atoms with van der Waals surface area (Å²) in [5, 5.41) is 4.00. The summed E-state index contributed by atoms with van der Waals surface area (Å²) in [5.41, 5.74) is 5.97. The number of hydrogen-bond donors (Lipinski definition) is 1. The van der Waals surface area contributed by atoms with Crippen LogP contribution in [0.15, 0.2) is 4.52 Å². The Kier molecular flexibility index (Phi) is 3.59. The molecular formula is C12H21N3O. The van der Waals surface area contributed by atoms with Gasteiger partial charge in [0.25, 0.3) is 0 Å². The molecule has 90 valence electrons. The van der Waals surface area contributed by atoms with E-state index in [1.165, 1.54) is 19.3 Å². The predicted octanol–water partition coefficient (Wildman–Crippen LogP) is 2.77. The Morgan fingerprint density at radius 2 is 2.31 bits per heavy atom. The van der Waals surface area contributed by atoms with Crippen LogP contribution in [0.5, 0.6) is 0 Å². The Balaban J connectivity index is 2.06. The first-order chi connectivity index (χ1) is 7.72. The molecule has 2 rings (SSSR count). The molecule has 1 fully saturated rings. The minimum absolute atomic E-state index is 0.0702. The molecule has 1 heterocycles. The van der Waals surface area contributed by atoms with Gasteiger partial charge in [-0.15, -0.1) is 0 Å². The summed E-state index contributed by atoms with van der Waals surface area (Å²) < 4.78 is 5.35. The summed E-state index contributed by atoms with van der Waals surface area (Å²) in [5.74, 6) is 2.59. The van der Waals surface area contributed by atoms with E-state index in [4.69, 9.17) is 10.3 Å². The third kappa shape index (κ3) is 2.26. The highest BCUT2D eigenvalue weighted by Crippen LogP contribution is 2.38. The Morgan fingerprint density at radius 3 is 2.94 bits per heavy atom. The zero-order valence-corrected chi connectivity index (χ0v) is 10.1. The lowest BCUT2D eigenvalue weighted by Crippen LogP contribution is -2.12. The van der Waals surface area contributed by atoms with Gasteiger partial charge in [0.15, 0.2) is 5.82 Å². The molecule has 2 N–H and O–H groups in total. The molecule has 1 aliphatic carbocycles. The van der Waals surface area contributed by atoms with E-state index in [0.717, 1.165) is 18.7 Å². The summed E-state index contributed by atoms with van der Waals surface area (Å²) in [6.45, 7) is 4.37. The number of aromatic nitrogens is 2. The average Bonchev–Trinajstić information content (AvgIpc) is 2.86. The smallest absolute Gasteiger partial charge is 0.230 e. The molecule has 0 aliphatic heterocycles. The minimum Gasteiger partial charge on any atom is -0.339 e. The molecular weight excluding hydrogens is 202 g/mol. The summed E-state index contributed by atoms with van der Waals surface area (Å²) in [6.07, 6.45) is 5.67. The van der Waals surface area contributed by atoms with E-state index in [-0.39, 0.29) is 6.04 Å². The highest BCUT2D eigenvalue weighted by molar-refractivity contribution is 5.01. The fourth-order valence-electron chi connectivity index (χ4n) is 2.50. The van der Waals surface area contributed by atoms with Crippen molar-refractivity contribution in [3.8, 4) is 0 Å². The van der Waals surface area contributed by atoms with Gasteiger partial charge in [-0.1, -0.05) is 31.8 Å². The van der Waals surface area contributed by atoms with E-state index in [1.54, 1.807) is 0 Å². The number of nitrogens with two attached hydrogens (primary N) is 1. The monoisotopic (exact) mass is 223 g/mol. The fraction of sp³-hybridized carbons (Fsp3) is 0.833. The molecule has 0 bridgehead atoms. The minimum atomic E-state index is -0.0702. The van der Waals surface area contributed by atoms with Gasteiger partial charge in [0.2, 0.25) is 5.89 Å². The SMILES string of the molecule is CCCC(N)c1noc(C2CCCC2C)n1. The number of hydrogen-bond acceptors (Lipinski definition) is 4. The first-order valence-corrected chi connectivity index (χ1v) is 6.31. The van der Waals surface area contributed by atoms with Crippen LogP contribution in [-0.2, 0) is 0 Å². The number of nitrogens with zero attached hydrogens (tertiary/aromatic N) is 2. The van der Waals surface area contributed by atoms with Crippen LogP contribution in [0.1, 0.15) is 69.6 Å². The molecule has 3 unspecified atom stereocenters. The molecule has 3 atom stereocenters. The maximum Gasteiger partial charge on any atom is 0.230 e. The molecule has 16 heavy (non-hydrogen) atoms. The zero-order valence-electron chi connectivity index (χ0n) is 10.1. The summed E-state index contributed by atoms with van der Waals surface area (Å²) in [7, 11) is 0. The van der Waals surface area contributed by atoms with Gasteiger partial charge < -0.3 is 10.3 Å². The summed E-state index contributed by atoms with van der Waals surface area (Å²) in [6, 6.07) is -0.0702. The van der Waals surface area contributed by atoms with Crippen LogP contribution < -0.4 is 5.73 Å². The highest BCUT2D eigenvalue weighted by atomic mass is 16.5. The van der Waals surface area contributed by atoms with Crippen LogP contribution in [0, 0.1) is 5.92 Å². The van der Waals surface area contributed by atoms with Crippen molar-refractivity contribution in [2.45, 2.75) is 57.9 Å². The molecule has 4 heteroatoms. The fourth-order valence-corrected chi connectivity index (χ4v) is 2.50. The van der Waals surface area contributed by atoms with Gasteiger partial charge in [-0.2, -0.15) is 4.98 Å². The van der Waals surface area contributed by atoms with Gasteiger partial charge in [-0.25, -0.2) is 0 Å². The first kappa shape index (κ1) is 11.6. The van der Waals surface area contributed by atoms with Crippen LogP contribution in [0.3, 0.4) is 0 Å². The summed E-state index contributed by atoms with van der Waals surface area (Å²) >= 11 is 0. The maximum atomic E-state index is 5.97. The molecule has 0 radical (unpaired) electrons. The topological polar surface area (TPSA) is 64.9 Å². The number of rotatable bonds is 4. The quantitative estimate of drug-likeness (QED) is 0.852.